The summed E-state index contributed by atoms with van der Waals surface area (Å²) in [5.41, 5.74) is 0.188. The Bertz CT molecular complexity index is 496. The van der Waals surface area contributed by atoms with E-state index in [1.54, 1.807) is 0 Å². The van der Waals surface area contributed by atoms with E-state index < -0.39 is 0 Å². The predicted molar refractivity (Wildman–Crippen MR) is 81.7 cm³/mol. The molecule has 0 aliphatic heterocycles. The molecule has 0 heterocycles. The fourth-order valence-corrected chi connectivity index (χ4v) is 6.88. The van der Waals surface area contributed by atoms with E-state index in [0.717, 1.165) is 18.3 Å². The SMILES string of the molecule is C[C@]12CCCC[C@@H]1CC[C@@H]1[C@@H]2CC[C@]2(C)C(=O)C(=O)C[C@@H]12. The Kier molecular flexibility index (Phi) is 2.94. The molecule has 0 N–H and O–H groups in total. The summed E-state index contributed by atoms with van der Waals surface area (Å²) >= 11 is 0. The van der Waals surface area contributed by atoms with Crippen LogP contribution in [0.1, 0.15) is 71.6 Å². The summed E-state index contributed by atoms with van der Waals surface area (Å²) in [6.45, 7) is 4.63. The van der Waals surface area contributed by atoms with Gasteiger partial charge in [-0.3, -0.25) is 9.59 Å². The molecule has 0 aromatic heterocycles. The van der Waals surface area contributed by atoms with Gasteiger partial charge in [0.15, 0.2) is 5.78 Å². The van der Waals surface area contributed by atoms with Crippen LogP contribution in [0.3, 0.4) is 0 Å². The molecule has 0 saturated heterocycles. The van der Waals surface area contributed by atoms with Gasteiger partial charge in [-0.2, -0.15) is 0 Å². The lowest BCUT2D eigenvalue weighted by Gasteiger charge is -2.59. The van der Waals surface area contributed by atoms with Crippen molar-refractivity contribution in [2.75, 3.05) is 0 Å². The van der Waals surface area contributed by atoms with E-state index in [1.165, 1.54) is 44.9 Å². The molecule has 0 aromatic carbocycles. The first-order valence-corrected chi connectivity index (χ1v) is 9.04. The molecule has 4 aliphatic carbocycles. The molecule has 4 fully saturated rings. The number of fused-ring (bicyclic) bond motifs is 5. The minimum Gasteiger partial charge on any atom is -0.291 e. The zero-order chi connectivity index (χ0) is 14.8. The highest BCUT2D eigenvalue weighted by atomic mass is 16.2. The quantitative estimate of drug-likeness (QED) is 0.627. The van der Waals surface area contributed by atoms with Crippen LogP contribution in [0.15, 0.2) is 0 Å². The first-order chi connectivity index (χ1) is 9.97. The molecule has 0 spiro atoms. The maximum absolute atomic E-state index is 12.3. The zero-order valence-corrected chi connectivity index (χ0v) is 13.5. The molecule has 0 unspecified atom stereocenters. The number of hydrogen-bond donors (Lipinski definition) is 0. The van der Waals surface area contributed by atoms with Crippen molar-refractivity contribution in [3.05, 3.63) is 0 Å². The van der Waals surface area contributed by atoms with Crippen LogP contribution in [0, 0.1) is 34.5 Å². The fraction of sp³-hybridized carbons (Fsp3) is 0.895. The van der Waals surface area contributed by atoms with Crippen LogP contribution < -0.4 is 0 Å². The molecule has 4 rings (SSSR count). The number of carbonyl (C=O) groups excluding carboxylic acids is 2. The highest BCUT2D eigenvalue weighted by Gasteiger charge is 2.61. The van der Waals surface area contributed by atoms with E-state index in [1.807, 2.05) is 0 Å². The zero-order valence-electron chi connectivity index (χ0n) is 13.5. The second-order valence-electron chi connectivity index (χ2n) is 8.82. The summed E-state index contributed by atoms with van der Waals surface area (Å²) in [5, 5.41) is 0. The predicted octanol–water partition coefficient (Wildman–Crippen LogP) is 4.17. The molecule has 4 saturated carbocycles. The van der Waals surface area contributed by atoms with Gasteiger partial charge in [0.25, 0.3) is 0 Å². The van der Waals surface area contributed by atoms with E-state index in [4.69, 9.17) is 0 Å². The lowest BCUT2D eigenvalue weighted by molar-refractivity contribution is -0.143. The third-order valence-electron chi connectivity index (χ3n) is 8.15. The van der Waals surface area contributed by atoms with Gasteiger partial charge in [0.2, 0.25) is 5.78 Å². The van der Waals surface area contributed by atoms with Crippen molar-refractivity contribution in [1.82, 2.24) is 0 Å². The summed E-state index contributed by atoms with van der Waals surface area (Å²) in [6, 6.07) is 0. The molecule has 2 nitrogen and oxygen atoms in total. The van der Waals surface area contributed by atoms with Crippen LogP contribution in [0.2, 0.25) is 0 Å². The normalized spacial score (nSPS) is 53.0. The maximum atomic E-state index is 12.3. The minimum atomic E-state index is -0.309. The van der Waals surface area contributed by atoms with Crippen LogP contribution in [-0.4, -0.2) is 11.6 Å². The summed E-state index contributed by atoms with van der Waals surface area (Å²) in [4.78, 5) is 24.4. The molecule has 0 bridgehead atoms. The highest BCUT2D eigenvalue weighted by molar-refractivity contribution is 6.41. The average Bonchev–Trinajstić information content (AvgIpc) is 2.70. The van der Waals surface area contributed by atoms with Crippen molar-refractivity contribution < 1.29 is 9.59 Å². The molecule has 0 amide bonds. The van der Waals surface area contributed by atoms with Crippen molar-refractivity contribution in [3.63, 3.8) is 0 Å². The smallest absolute Gasteiger partial charge is 0.204 e. The Morgan fingerprint density at radius 2 is 1.71 bits per heavy atom. The van der Waals surface area contributed by atoms with Crippen molar-refractivity contribution in [2.24, 2.45) is 34.5 Å². The lowest BCUT2D eigenvalue weighted by atomic mass is 9.45. The van der Waals surface area contributed by atoms with E-state index in [-0.39, 0.29) is 17.0 Å². The minimum absolute atomic E-state index is 0.0399. The van der Waals surface area contributed by atoms with Gasteiger partial charge in [-0.15, -0.1) is 0 Å². The molecule has 4 aliphatic rings. The van der Waals surface area contributed by atoms with Gasteiger partial charge in [0.05, 0.1) is 0 Å². The lowest BCUT2D eigenvalue weighted by Crippen LogP contribution is -2.52. The van der Waals surface area contributed by atoms with E-state index >= 15 is 0 Å². The topological polar surface area (TPSA) is 34.1 Å². The molecular formula is C19H28O2. The molecule has 6 atom stereocenters. The molecular weight excluding hydrogens is 260 g/mol. The number of rotatable bonds is 0. The van der Waals surface area contributed by atoms with E-state index in [2.05, 4.69) is 13.8 Å². The Labute approximate surface area is 128 Å². The Hall–Kier alpha value is -0.660. The highest BCUT2D eigenvalue weighted by Crippen LogP contribution is 2.64. The van der Waals surface area contributed by atoms with Crippen LogP contribution in [0.4, 0.5) is 0 Å². The number of Topliss-reactive ketones (excluding diaryl/α,β-unsaturated/α-hetero) is 2. The third kappa shape index (κ3) is 1.71. The van der Waals surface area contributed by atoms with Gasteiger partial charge in [-0.25, -0.2) is 0 Å². The second kappa shape index (κ2) is 4.43. The van der Waals surface area contributed by atoms with Crippen LogP contribution in [0.5, 0.6) is 0 Å². The first-order valence-electron chi connectivity index (χ1n) is 9.04. The average molecular weight is 288 g/mol. The molecule has 0 aromatic rings. The first kappa shape index (κ1) is 14.0. The van der Waals surface area contributed by atoms with Crippen LogP contribution >= 0.6 is 0 Å². The van der Waals surface area contributed by atoms with Crippen LogP contribution in [-0.2, 0) is 9.59 Å². The largest absolute Gasteiger partial charge is 0.291 e. The third-order valence-corrected chi connectivity index (χ3v) is 8.15. The summed E-state index contributed by atoms with van der Waals surface area (Å²) in [6.07, 6.45) is 10.9. The second-order valence-corrected chi connectivity index (χ2v) is 8.82. The molecule has 116 valence electrons. The van der Waals surface area contributed by atoms with Gasteiger partial charge in [0, 0.05) is 11.8 Å². The molecule has 21 heavy (non-hydrogen) atoms. The van der Waals surface area contributed by atoms with Gasteiger partial charge in [-0.05, 0) is 67.6 Å². The van der Waals surface area contributed by atoms with Gasteiger partial charge < -0.3 is 0 Å². The number of carbonyl (C=O) groups is 2. The maximum Gasteiger partial charge on any atom is 0.204 e. The fourth-order valence-electron chi connectivity index (χ4n) is 6.88. The van der Waals surface area contributed by atoms with E-state index in [9.17, 15) is 9.59 Å². The van der Waals surface area contributed by atoms with Gasteiger partial charge in [-0.1, -0.05) is 26.7 Å². The Balaban J connectivity index is 1.68. The number of hydrogen-bond acceptors (Lipinski definition) is 2. The summed E-state index contributed by atoms with van der Waals surface area (Å²) < 4.78 is 0. The van der Waals surface area contributed by atoms with Crippen molar-refractivity contribution >= 4 is 11.6 Å². The Morgan fingerprint density at radius 1 is 0.905 bits per heavy atom. The van der Waals surface area contributed by atoms with Crippen LogP contribution in [0.25, 0.3) is 0 Å². The Morgan fingerprint density at radius 3 is 2.52 bits per heavy atom. The molecule has 0 radical (unpaired) electrons. The van der Waals surface area contributed by atoms with E-state index in [0.29, 0.717) is 23.7 Å². The summed E-state index contributed by atoms with van der Waals surface area (Å²) in [5.74, 6) is 2.56. The standard InChI is InChI=1S/C19H28O2/c1-18-9-4-3-5-12(18)6-7-13-14(18)8-10-19(2)15(13)11-16(20)17(19)21/h12-15H,3-11H2,1-2H3/t12-,13-,14+,15+,18+,19+/m1/s1. The molecule has 2 heteroatoms. The van der Waals surface area contributed by atoms with Crippen molar-refractivity contribution in [3.8, 4) is 0 Å². The van der Waals surface area contributed by atoms with Gasteiger partial charge >= 0.3 is 0 Å². The monoisotopic (exact) mass is 288 g/mol. The van der Waals surface area contributed by atoms with Crippen molar-refractivity contribution in [2.45, 2.75) is 71.6 Å². The van der Waals surface area contributed by atoms with Gasteiger partial charge in [0.1, 0.15) is 0 Å². The summed E-state index contributed by atoms with van der Waals surface area (Å²) in [7, 11) is 0. The van der Waals surface area contributed by atoms with Crippen molar-refractivity contribution in [1.29, 1.82) is 0 Å². The number of ketones is 2.